The van der Waals surface area contributed by atoms with Crippen molar-refractivity contribution in [3.63, 3.8) is 0 Å². The van der Waals surface area contributed by atoms with Crippen LogP contribution in [0.3, 0.4) is 0 Å². The van der Waals surface area contributed by atoms with Crippen LogP contribution in [0.25, 0.3) is 0 Å². The van der Waals surface area contributed by atoms with E-state index < -0.39 is 15.9 Å². The average molecular weight is 702 g/mol. The molecule has 1 aliphatic carbocycles. The van der Waals surface area contributed by atoms with E-state index in [0.29, 0.717) is 43.0 Å². The van der Waals surface area contributed by atoms with Gasteiger partial charge in [0.2, 0.25) is 10.0 Å². The van der Waals surface area contributed by atoms with Crippen LogP contribution in [0.2, 0.25) is 5.02 Å². The zero-order chi connectivity index (χ0) is 34.0. The molecule has 0 radical (unpaired) electrons. The lowest BCUT2D eigenvalue weighted by atomic mass is 9.64. The number of nitrogens with zero attached hydrogens (tertiary/aromatic N) is 2. The van der Waals surface area contributed by atoms with Crippen molar-refractivity contribution < 1.29 is 27.4 Å². The molecule has 1 N–H and O–H groups in total. The Morgan fingerprint density at radius 3 is 2.42 bits per heavy atom. The molecule has 6 rings (SSSR count). The first-order chi connectivity index (χ1) is 23.0. The van der Waals surface area contributed by atoms with Gasteiger partial charge in [0.15, 0.2) is 6.29 Å². The lowest BCUT2D eigenvalue weighted by molar-refractivity contribution is -0.241. The Labute approximate surface area is 291 Å². The van der Waals surface area contributed by atoms with Crippen LogP contribution in [0.15, 0.2) is 36.4 Å². The molecule has 2 aromatic rings. The average Bonchev–Trinajstić information content (AvgIpc) is 3.07. The van der Waals surface area contributed by atoms with Gasteiger partial charge in [-0.25, -0.2) is 13.1 Å². The number of sulfonamides is 1. The van der Waals surface area contributed by atoms with Crippen molar-refractivity contribution >= 4 is 33.2 Å². The van der Waals surface area contributed by atoms with E-state index in [0.717, 1.165) is 74.3 Å². The third-order valence-corrected chi connectivity index (χ3v) is 13.1. The van der Waals surface area contributed by atoms with Gasteiger partial charge in [-0.2, -0.15) is 0 Å². The van der Waals surface area contributed by atoms with E-state index >= 15 is 0 Å². The Hall–Kier alpha value is -2.37. The predicted octanol–water partition coefficient (Wildman–Crippen LogP) is 6.13. The van der Waals surface area contributed by atoms with E-state index in [1.807, 2.05) is 37.3 Å². The van der Waals surface area contributed by atoms with Crippen molar-refractivity contribution in [1.29, 1.82) is 0 Å². The molecule has 48 heavy (non-hydrogen) atoms. The summed E-state index contributed by atoms with van der Waals surface area (Å²) < 4.78 is 48.3. The molecule has 0 aromatic heterocycles. The monoisotopic (exact) mass is 701 g/mol. The maximum atomic E-state index is 13.4. The molecule has 11 heteroatoms. The summed E-state index contributed by atoms with van der Waals surface area (Å²) in [5.41, 5.74) is 3.42. The number of likely N-dealkylation sites (N-methyl/N-ethyl adjacent to an activating group) is 1. The van der Waals surface area contributed by atoms with E-state index in [2.05, 4.69) is 35.5 Å². The number of rotatable bonds is 2. The van der Waals surface area contributed by atoms with Crippen LogP contribution in [-0.4, -0.2) is 77.7 Å². The number of hydrogen-bond donors (Lipinski definition) is 1. The van der Waals surface area contributed by atoms with Crippen LogP contribution < -0.4 is 14.4 Å². The number of fused-ring (bicyclic) bond motifs is 3. The summed E-state index contributed by atoms with van der Waals surface area (Å²) in [6.45, 7) is 7.36. The molecular formula is C37H52ClN3O6S. The molecule has 1 saturated heterocycles. The largest absolute Gasteiger partial charge is 0.487 e. The Balaban J connectivity index is 1.34. The second-order valence-corrected chi connectivity index (χ2v) is 17.1. The molecule has 0 spiro atoms. The lowest BCUT2D eigenvalue weighted by Gasteiger charge is -2.48. The van der Waals surface area contributed by atoms with Crippen molar-refractivity contribution in [2.24, 2.45) is 29.6 Å². The molecule has 0 unspecified atom stereocenters. The predicted molar refractivity (Wildman–Crippen MR) is 189 cm³/mol. The van der Waals surface area contributed by atoms with Crippen LogP contribution in [0, 0.1) is 29.6 Å². The summed E-state index contributed by atoms with van der Waals surface area (Å²) in [4.78, 5) is 18.0. The second-order valence-electron chi connectivity index (χ2n) is 14.8. The first-order valence-corrected chi connectivity index (χ1v) is 19.7. The fraction of sp³-hybridized carbons (Fsp3) is 0.649. The molecule has 4 aliphatic rings. The summed E-state index contributed by atoms with van der Waals surface area (Å²) in [7, 11) is 0.259. The zero-order valence-electron chi connectivity index (χ0n) is 28.8. The molecule has 3 heterocycles. The summed E-state index contributed by atoms with van der Waals surface area (Å²) in [5, 5.41) is 0.720. The van der Waals surface area contributed by atoms with Gasteiger partial charge in [0.05, 0.1) is 30.7 Å². The number of aryl methyl sites for hydroxylation is 1. The third-order valence-electron chi connectivity index (χ3n) is 11.4. The highest BCUT2D eigenvalue weighted by Gasteiger charge is 2.44. The fourth-order valence-electron chi connectivity index (χ4n) is 7.85. The van der Waals surface area contributed by atoms with Gasteiger partial charge in [-0.1, -0.05) is 31.5 Å². The van der Waals surface area contributed by atoms with E-state index in [1.165, 1.54) is 5.56 Å². The molecule has 3 aliphatic heterocycles. The van der Waals surface area contributed by atoms with Gasteiger partial charge in [-0.15, -0.1) is 0 Å². The number of halogens is 1. The van der Waals surface area contributed by atoms with E-state index in [9.17, 15) is 13.2 Å². The highest BCUT2D eigenvalue weighted by molar-refractivity contribution is 7.90. The second kappa shape index (κ2) is 15.3. The van der Waals surface area contributed by atoms with Gasteiger partial charge in [0, 0.05) is 29.6 Å². The van der Waals surface area contributed by atoms with Crippen molar-refractivity contribution in [3.05, 3.63) is 58.1 Å². The number of nitrogens with one attached hydrogen (secondary N) is 1. The number of amides is 1. The quantitative estimate of drug-likeness (QED) is 0.400. The molecule has 2 aromatic carbocycles. The topological polar surface area (TPSA) is 97.4 Å². The maximum absolute atomic E-state index is 13.4. The molecule has 2 fully saturated rings. The lowest BCUT2D eigenvalue weighted by Crippen LogP contribution is -2.51. The minimum absolute atomic E-state index is 0.110. The van der Waals surface area contributed by atoms with Crippen molar-refractivity contribution in [3.8, 4) is 5.75 Å². The van der Waals surface area contributed by atoms with Crippen molar-refractivity contribution in [2.45, 2.75) is 77.7 Å². The Morgan fingerprint density at radius 2 is 1.69 bits per heavy atom. The van der Waals surface area contributed by atoms with Gasteiger partial charge in [-0.05, 0) is 124 Å². The van der Waals surface area contributed by atoms with Crippen LogP contribution in [0.4, 0.5) is 5.69 Å². The van der Waals surface area contributed by atoms with Crippen molar-refractivity contribution in [2.75, 3.05) is 51.1 Å². The number of carbonyl (C=O) groups is 1. The highest BCUT2D eigenvalue weighted by atomic mass is 35.5. The Morgan fingerprint density at radius 1 is 0.917 bits per heavy atom. The van der Waals surface area contributed by atoms with Crippen molar-refractivity contribution in [1.82, 2.24) is 9.62 Å². The molecule has 1 amide bonds. The minimum Gasteiger partial charge on any atom is -0.487 e. The summed E-state index contributed by atoms with van der Waals surface area (Å²) in [5.74, 6) is 1.06. The highest BCUT2D eigenvalue weighted by Crippen LogP contribution is 2.46. The third kappa shape index (κ3) is 8.32. The van der Waals surface area contributed by atoms with E-state index in [1.54, 1.807) is 6.07 Å². The van der Waals surface area contributed by atoms with Crippen LogP contribution >= 0.6 is 11.6 Å². The van der Waals surface area contributed by atoms with Crippen LogP contribution in [0.1, 0.15) is 73.9 Å². The summed E-state index contributed by atoms with van der Waals surface area (Å²) in [6.07, 6.45) is 6.58. The minimum atomic E-state index is -3.86. The van der Waals surface area contributed by atoms with Gasteiger partial charge < -0.3 is 24.0 Å². The zero-order valence-corrected chi connectivity index (χ0v) is 30.4. The van der Waals surface area contributed by atoms with Crippen LogP contribution in [0.5, 0.6) is 5.75 Å². The van der Waals surface area contributed by atoms with Crippen LogP contribution in [-0.2, 0) is 32.5 Å². The molecule has 264 valence electrons. The normalized spacial score (nSPS) is 31.7. The summed E-state index contributed by atoms with van der Waals surface area (Å²) in [6, 6.07) is 11.5. The number of anilines is 1. The van der Waals surface area contributed by atoms with Gasteiger partial charge in [0.1, 0.15) is 12.4 Å². The number of hydrogen-bond acceptors (Lipinski definition) is 8. The van der Waals surface area contributed by atoms with Gasteiger partial charge in [-0.3, -0.25) is 4.79 Å². The standard InChI is InChI=1S/C37H52ClN3O6S/c1-24-8-13-33(37-46-21-31(22-47-37)40(3)4)32-14-10-28(32)19-41-16-6-5-7-26-17-30(38)12-9-29(26)20-45-35-15-11-27(18-34(35)41)36(42)39-48(43,44)23-25(24)2/h9,11-12,15,17-18,24-25,28,31-33,37H,5-8,10,13-14,16,19-23H2,1-4H3,(H,39,42)/t24-,25+,28+,31?,32-,33+,37?/m1/s1. The number of carbonyl (C=O) groups excluding carboxylic acids is 1. The number of ether oxygens (including phenoxy) is 3. The van der Waals surface area contributed by atoms with Gasteiger partial charge >= 0.3 is 0 Å². The maximum Gasteiger partial charge on any atom is 0.264 e. The first kappa shape index (κ1) is 35.5. The number of benzene rings is 2. The molecule has 2 bridgehead atoms. The molecule has 1 saturated carbocycles. The molecular weight excluding hydrogens is 650 g/mol. The first-order valence-electron chi connectivity index (χ1n) is 17.7. The Kier molecular flexibility index (Phi) is 11.3. The van der Waals surface area contributed by atoms with E-state index in [4.69, 9.17) is 25.8 Å². The summed E-state index contributed by atoms with van der Waals surface area (Å²) >= 11 is 6.37. The van der Waals surface area contributed by atoms with E-state index in [-0.39, 0.29) is 35.8 Å². The molecule has 9 nitrogen and oxygen atoms in total. The Bertz CT molecular complexity index is 1550. The SMILES string of the molecule is C[C@@H]1CC[C@H](C2OCC(N(C)C)CO2)[C@@H]2CC[C@H]2CN2CCCCc3cc(Cl)ccc3COc3ccc(cc32)C(=O)NS(=O)(=O)C[C@@H]1C. The van der Waals surface area contributed by atoms with Gasteiger partial charge in [0.25, 0.3) is 5.91 Å². The fourth-order valence-corrected chi connectivity index (χ4v) is 9.54. The molecule has 5 atom stereocenters. The smallest absolute Gasteiger partial charge is 0.264 e.